The summed E-state index contributed by atoms with van der Waals surface area (Å²) < 4.78 is 45.9. The molecule has 2 N–H and O–H groups in total. The number of ether oxygens (including phenoxy) is 1. The van der Waals surface area contributed by atoms with Crippen molar-refractivity contribution >= 4 is 16.9 Å². The lowest BCUT2D eigenvalue weighted by atomic mass is 10.0. The Hall–Kier alpha value is -3.27. The second kappa shape index (κ2) is 7.39. The SMILES string of the molecule is Cc1cc(Oc2cc(C(F)(F)F)ccc2-c2cncnc2)nn(C(=N)Cl)c1=N. The summed E-state index contributed by atoms with van der Waals surface area (Å²) in [6.07, 6.45) is -0.414. The minimum atomic E-state index is -4.57. The molecule has 0 aliphatic rings. The zero-order valence-electron chi connectivity index (χ0n) is 14.3. The molecular formula is C17H12ClF3N6O. The summed E-state index contributed by atoms with van der Waals surface area (Å²) in [6.45, 7) is 1.56. The fraction of sp³-hybridized carbons (Fsp3) is 0.118. The average Bonchev–Trinajstić information content (AvgIpc) is 2.64. The number of aromatic nitrogens is 4. The third-order valence-corrected chi connectivity index (χ3v) is 3.86. The van der Waals surface area contributed by atoms with Crippen LogP contribution in [0, 0.1) is 17.7 Å². The molecule has 2 heterocycles. The molecule has 0 spiro atoms. The van der Waals surface area contributed by atoms with Crippen molar-refractivity contribution in [1.29, 1.82) is 10.8 Å². The van der Waals surface area contributed by atoms with E-state index in [0.29, 0.717) is 16.7 Å². The van der Waals surface area contributed by atoms with Crippen LogP contribution in [0.4, 0.5) is 13.2 Å². The van der Waals surface area contributed by atoms with Gasteiger partial charge in [-0.1, -0.05) is 0 Å². The Morgan fingerprint density at radius 1 is 1.18 bits per heavy atom. The first-order chi connectivity index (χ1) is 13.2. The summed E-state index contributed by atoms with van der Waals surface area (Å²) >= 11 is 5.61. The van der Waals surface area contributed by atoms with Crippen molar-refractivity contribution in [2.24, 2.45) is 0 Å². The van der Waals surface area contributed by atoms with E-state index in [1.165, 1.54) is 30.9 Å². The van der Waals surface area contributed by atoms with E-state index >= 15 is 0 Å². The fourth-order valence-corrected chi connectivity index (χ4v) is 2.48. The van der Waals surface area contributed by atoms with Gasteiger partial charge in [-0.3, -0.25) is 10.8 Å². The van der Waals surface area contributed by atoms with E-state index in [1.807, 2.05) is 0 Å². The highest BCUT2D eigenvalue weighted by Crippen LogP contribution is 2.38. The van der Waals surface area contributed by atoms with Gasteiger partial charge >= 0.3 is 6.18 Å². The monoisotopic (exact) mass is 408 g/mol. The number of rotatable bonds is 3. The minimum absolute atomic E-state index is 0.128. The van der Waals surface area contributed by atoms with E-state index in [4.69, 9.17) is 27.2 Å². The Morgan fingerprint density at radius 2 is 1.86 bits per heavy atom. The van der Waals surface area contributed by atoms with E-state index < -0.39 is 17.0 Å². The average molecular weight is 409 g/mol. The van der Waals surface area contributed by atoms with E-state index in [9.17, 15) is 13.2 Å². The van der Waals surface area contributed by atoms with Crippen molar-refractivity contribution in [2.75, 3.05) is 0 Å². The number of nitrogens with zero attached hydrogens (tertiary/aromatic N) is 4. The van der Waals surface area contributed by atoms with Crippen LogP contribution in [0.5, 0.6) is 11.6 Å². The molecule has 0 fully saturated rings. The Morgan fingerprint density at radius 3 is 2.46 bits per heavy atom. The lowest BCUT2D eigenvalue weighted by Gasteiger charge is -2.15. The first-order valence-electron chi connectivity index (χ1n) is 7.71. The maximum Gasteiger partial charge on any atom is 0.416 e. The Balaban J connectivity index is 2.15. The van der Waals surface area contributed by atoms with Gasteiger partial charge < -0.3 is 4.74 Å². The predicted octanol–water partition coefficient (Wildman–Crippen LogP) is 3.96. The van der Waals surface area contributed by atoms with E-state index in [-0.39, 0.29) is 17.1 Å². The van der Waals surface area contributed by atoms with Gasteiger partial charge in [0.25, 0.3) is 0 Å². The fourth-order valence-electron chi connectivity index (χ4n) is 2.36. The van der Waals surface area contributed by atoms with Gasteiger partial charge in [0.1, 0.15) is 12.1 Å². The van der Waals surface area contributed by atoms with E-state index in [0.717, 1.165) is 16.8 Å². The summed E-state index contributed by atoms with van der Waals surface area (Å²) in [7, 11) is 0. The number of hydrogen-bond donors (Lipinski definition) is 2. The molecule has 0 saturated carbocycles. The van der Waals surface area contributed by atoms with Gasteiger partial charge in [-0.2, -0.15) is 17.9 Å². The van der Waals surface area contributed by atoms with Crippen LogP contribution < -0.4 is 10.2 Å². The van der Waals surface area contributed by atoms with Gasteiger partial charge in [-0.15, -0.1) is 5.10 Å². The van der Waals surface area contributed by atoms with Gasteiger partial charge in [-0.25, -0.2) is 9.97 Å². The molecule has 0 bridgehead atoms. The standard InChI is InChI=1S/C17H12ClF3N6O/c1-9-4-14(26-27(15(9)22)16(18)23)28-13-5-11(17(19,20)21)2-3-12(13)10-6-24-8-25-7-10/h2-8,22-23H,1H3. The summed E-state index contributed by atoms with van der Waals surface area (Å²) in [5, 5.41) is 18.7. The van der Waals surface area contributed by atoms with Crippen molar-refractivity contribution in [3.8, 4) is 22.8 Å². The van der Waals surface area contributed by atoms with Gasteiger partial charge in [-0.05, 0) is 42.3 Å². The first-order valence-corrected chi connectivity index (χ1v) is 8.09. The topological polar surface area (TPSA) is 101 Å². The minimum Gasteiger partial charge on any atom is -0.437 e. The van der Waals surface area contributed by atoms with Gasteiger partial charge in [0.15, 0.2) is 5.49 Å². The van der Waals surface area contributed by atoms with Crippen LogP contribution in [-0.2, 0) is 6.18 Å². The van der Waals surface area contributed by atoms with E-state index in [2.05, 4.69) is 15.1 Å². The maximum atomic E-state index is 13.2. The van der Waals surface area contributed by atoms with Crippen LogP contribution >= 0.6 is 11.6 Å². The van der Waals surface area contributed by atoms with Gasteiger partial charge in [0.05, 0.1) is 5.56 Å². The molecule has 0 atom stereocenters. The highest BCUT2D eigenvalue weighted by Gasteiger charge is 2.31. The molecule has 0 radical (unpaired) electrons. The third-order valence-electron chi connectivity index (χ3n) is 3.70. The van der Waals surface area contributed by atoms with E-state index in [1.54, 1.807) is 6.92 Å². The van der Waals surface area contributed by atoms with Crippen molar-refractivity contribution in [1.82, 2.24) is 19.7 Å². The first kappa shape index (κ1) is 19.5. The van der Waals surface area contributed by atoms with Gasteiger partial charge in [0, 0.05) is 29.6 Å². The lowest BCUT2D eigenvalue weighted by Crippen LogP contribution is -2.28. The highest BCUT2D eigenvalue weighted by atomic mass is 35.5. The molecule has 0 amide bonds. The number of aryl methyl sites for hydroxylation is 1. The zero-order valence-corrected chi connectivity index (χ0v) is 15.0. The molecule has 0 saturated heterocycles. The Bertz CT molecular complexity index is 1100. The highest BCUT2D eigenvalue weighted by molar-refractivity contribution is 6.64. The number of halogens is 4. The summed E-state index contributed by atoms with van der Waals surface area (Å²) in [4.78, 5) is 7.73. The molecule has 7 nitrogen and oxygen atoms in total. The number of alkyl halides is 3. The molecule has 28 heavy (non-hydrogen) atoms. The predicted molar refractivity (Wildman–Crippen MR) is 94.3 cm³/mol. The smallest absolute Gasteiger partial charge is 0.416 e. The van der Waals surface area contributed by atoms with Crippen LogP contribution in [0.1, 0.15) is 11.1 Å². The molecular weight excluding hydrogens is 397 g/mol. The Kier molecular flexibility index (Phi) is 5.14. The second-order valence-corrected chi connectivity index (χ2v) is 6.01. The molecule has 11 heteroatoms. The largest absolute Gasteiger partial charge is 0.437 e. The summed E-state index contributed by atoms with van der Waals surface area (Å²) in [5.74, 6) is -0.266. The van der Waals surface area contributed by atoms with Crippen molar-refractivity contribution < 1.29 is 17.9 Å². The van der Waals surface area contributed by atoms with Crippen molar-refractivity contribution in [3.05, 3.63) is 59.6 Å². The maximum absolute atomic E-state index is 13.2. The zero-order chi connectivity index (χ0) is 20.5. The van der Waals surface area contributed by atoms with Crippen LogP contribution in [-0.4, -0.2) is 25.0 Å². The van der Waals surface area contributed by atoms with Gasteiger partial charge in [0.2, 0.25) is 11.2 Å². The third kappa shape index (κ3) is 4.01. The number of nitrogens with one attached hydrogen (secondary N) is 2. The molecule has 0 aliphatic carbocycles. The number of benzene rings is 1. The van der Waals surface area contributed by atoms with Crippen LogP contribution in [0.2, 0.25) is 0 Å². The molecule has 3 aromatic rings. The van der Waals surface area contributed by atoms with Crippen LogP contribution in [0.3, 0.4) is 0 Å². The summed E-state index contributed by atoms with van der Waals surface area (Å²) in [6, 6.07) is 4.38. The quantitative estimate of drug-likeness (QED) is 0.506. The summed E-state index contributed by atoms with van der Waals surface area (Å²) in [5.41, 5.74) is 0.0727. The Labute approximate surface area is 161 Å². The molecule has 144 valence electrons. The molecule has 0 aliphatic heterocycles. The van der Waals surface area contributed by atoms with Crippen molar-refractivity contribution in [2.45, 2.75) is 13.1 Å². The molecule has 0 unspecified atom stereocenters. The second-order valence-electron chi connectivity index (χ2n) is 5.65. The normalized spacial score (nSPS) is 11.3. The van der Waals surface area contributed by atoms with Crippen molar-refractivity contribution in [3.63, 3.8) is 0 Å². The van der Waals surface area contributed by atoms with Crippen LogP contribution in [0.15, 0.2) is 43.0 Å². The van der Waals surface area contributed by atoms with Crippen LogP contribution in [0.25, 0.3) is 11.1 Å². The lowest BCUT2D eigenvalue weighted by molar-refractivity contribution is -0.137. The molecule has 3 rings (SSSR count). The molecule has 1 aromatic carbocycles. The molecule has 2 aromatic heterocycles. The number of hydrogen-bond acceptors (Lipinski definition) is 6.